The molecule has 2 heterocycles. The highest BCUT2D eigenvalue weighted by Gasteiger charge is 2.20. The molecular formula is C22H25FN6. The molecule has 1 aromatic heterocycles. The van der Waals surface area contributed by atoms with Gasteiger partial charge in [0, 0.05) is 37.6 Å². The summed E-state index contributed by atoms with van der Waals surface area (Å²) in [5.41, 5.74) is 3.31. The summed E-state index contributed by atoms with van der Waals surface area (Å²) in [5, 5.41) is 11.8. The van der Waals surface area contributed by atoms with Crippen molar-refractivity contribution < 1.29 is 4.39 Å². The van der Waals surface area contributed by atoms with Crippen LogP contribution in [-0.2, 0) is 0 Å². The first-order chi connectivity index (χ1) is 14.1. The zero-order chi connectivity index (χ0) is 20.2. The zero-order valence-electron chi connectivity index (χ0n) is 16.7. The van der Waals surface area contributed by atoms with E-state index in [4.69, 9.17) is 0 Å². The molecule has 3 aromatic rings. The van der Waals surface area contributed by atoms with Crippen LogP contribution in [0.4, 0.5) is 27.5 Å². The molecule has 1 saturated heterocycles. The highest BCUT2D eigenvalue weighted by atomic mass is 19.1. The summed E-state index contributed by atoms with van der Waals surface area (Å²) in [7, 11) is 0. The van der Waals surface area contributed by atoms with Crippen molar-refractivity contribution >= 4 is 23.1 Å². The maximum absolute atomic E-state index is 13.1. The molecule has 1 fully saturated rings. The van der Waals surface area contributed by atoms with Crippen LogP contribution < -0.4 is 15.1 Å². The average Bonchev–Trinajstić information content (AvgIpc) is 2.75. The van der Waals surface area contributed by atoms with E-state index in [-0.39, 0.29) is 5.82 Å². The van der Waals surface area contributed by atoms with Gasteiger partial charge in [0.1, 0.15) is 5.82 Å². The first-order valence-electron chi connectivity index (χ1n) is 9.91. The van der Waals surface area contributed by atoms with Crippen LogP contribution in [-0.4, -0.2) is 41.4 Å². The lowest BCUT2D eigenvalue weighted by Crippen LogP contribution is -2.47. The van der Waals surface area contributed by atoms with E-state index in [0.717, 1.165) is 37.6 Å². The molecule has 2 aromatic carbocycles. The Hall–Kier alpha value is -3.22. The molecule has 0 aliphatic carbocycles. The predicted octanol–water partition coefficient (Wildman–Crippen LogP) is 4.20. The molecule has 0 bridgehead atoms. The fraction of sp³-hybridized carbons (Fsp3) is 0.318. The standard InChI is InChI=1S/C22H25FN6/c1-16(2)19-5-3-4-6-20(19)25-21-15-24-27-22(26-21)29-13-11-28(12-14-29)18-9-7-17(23)8-10-18/h3-10,15-16H,11-14H2,1-2H3,(H,25,26,27). The molecule has 1 N–H and O–H groups in total. The quantitative estimate of drug-likeness (QED) is 0.702. The lowest BCUT2D eigenvalue weighted by molar-refractivity contribution is 0.622. The number of benzene rings is 2. The van der Waals surface area contributed by atoms with Crippen molar-refractivity contribution in [1.82, 2.24) is 15.2 Å². The van der Waals surface area contributed by atoms with E-state index in [1.54, 1.807) is 6.20 Å². The summed E-state index contributed by atoms with van der Waals surface area (Å²) < 4.78 is 13.1. The number of piperazine rings is 1. The van der Waals surface area contributed by atoms with Gasteiger partial charge in [-0.05, 0) is 41.8 Å². The minimum atomic E-state index is -0.213. The molecule has 0 atom stereocenters. The minimum Gasteiger partial charge on any atom is -0.368 e. The summed E-state index contributed by atoms with van der Waals surface area (Å²) in [6.07, 6.45) is 1.65. The molecule has 29 heavy (non-hydrogen) atoms. The fourth-order valence-corrected chi connectivity index (χ4v) is 3.56. The predicted molar refractivity (Wildman–Crippen MR) is 114 cm³/mol. The number of para-hydroxylation sites is 1. The minimum absolute atomic E-state index is 0.213. The van der Waals surface area contributed by atoms with Crippen LogP contribution in [0.15, 0.2) is 54.7 Å². The third kappa shape index (κ3) is 4.45. The van der Waals surface area contributed by atoms with Gasteiger partial charge in [0.05, 0.1) is 6.20 Å². The number of hydrogen-bond acceptors (Lipinski definition) is 6. The Bertz CT molecular complexity index is 952. The molecular weight excluding hydrogens is 367 g/mol. The number of rotatable bonds is 5. The van der Waals surface area contributed by atoms with Crippen LogP contribution in [0.5, 0.6) is 0 Å². The number of halogens is 1. The van der Waals surface area contributed by atoms with Gasteiger partial charge in [-0.1, -0.05) is 32.0 Å². The third-order valence-corrected chi connectivity index (χ3v) is 5.15. The summed E-state index contributed by atoms with van der Waals surface area (Å²) in [5.74, 6) is 1.50. The zero-order valence-corrected chi connectivity index (χ0v) is 16.7. The van der Waals surface area contributed by atoms with Crippen LogP contribution in [0.25, 0.3) is 0 Å². The SMILES string of the molecule is CC(C)c1ccccc1Nc1cnnc(N2CCN(c3ccc(F)cc3)CC2)n1. The van der Waals surface area contributed by atoms with Crippen molar-refractivity contribution in [2.45, 2.75) is 19.8 Å². The van der Waals surface area contributed by atoms with Crippen molar-refractivity contribution in [3.8, 4) is 0 Å². The maximum atomic E-state index is 13.1. The first-order valence-corrected chi connectivity index (χ1v) is 9.91. The smallest absolute Gasteiger partial charge is 0.247 e. The Morgan fingerprint density at radius 1 is 0.931 bits per heavy atom. The molecule has 7 heteroatoms. The van der Waals surface area contributed by atoms with Crippen molar-refractivity contribution in [2.75, 3.05) is 41.3 Å². The molecule has 4 rings (SSSR count). The lowest BCUT2D eigenvalue weighted by Gasteiger charge is -2.35. The molecule has 150 valence electrons. The third-order valence-electron chi connectivity index (χ3n) is 5.15. The van der Waals surface area contributed by atoms with E-state index in [1.165, 1.54) is 17.7 Å². The maximum Gasteiger partial charge on any atom is 0.247 e. The Balaban J connectivity index is 1.44. The second kappa shape index (κ2) is 8.43. The molecule has 0 spiro atoms. The van der Waals surface area contributed by atoms with Gasteiger partial charge in [-0.2, -0.15) is 10.1 Å². The lowest BCUT2D eigenvalue weighted by atomic mass is 10.0. The molecule has 0 unspecified atom stereocenters. The Kier molecular flexibility index (Phi) is 5.55. The number of aromatic nitrogens is 3. The Morgan fingerprint density at radius 3 is 2.34 bits per heavy atom. The van der Waals surface area contributed by atoms with Crippen LogP contribution >= 0.6 is 0 Å². The van der Waals surface area contributed by atoms with E-state index in [9.17, 15) is 4.39 Å². The molecule has 6 nitrogen and oxygen atoms in total. The number of nitrogens with one attached hydrogen (secondary N) is 1. The Labute approximate surface area is 170 Å². The number of hydrogen-bond donors (Lipinski definition) is 1. The van der Waals surface area contributed by atoms with Gasteiger partial charge in [-0.3, -0.25) is 0 Å². The number of nitrogens with zero attached hydrogens (tertiary/aromatic N) is 5. The summed E-state index contributed by atoms with van der Waals surface area (Å²) >= 11 is 0. The van der Waals surface area contributed by atoms with Gasteiger partial charge in [0.25, 0.3) is 0 Å². The van der Waals surface area contributed by atoms with Gasteiger partial charge in [-0.25, -0.2) is 4.39 Å². The topological polar surface area (TPSA) is 57.2 Å². The first kappa shape index (κ1) is 19.1. The molecule has 0 saturated carbocycles. The van der Waals surface area contributed by atoms with Crippen LogP contribution in [0.3, 0.4) is 0 Å². The second-order valence-electron chi connectivity index (χ2n) is 7.46. The second-order valence-corrected chi connectivity index (χ2v) is 7.46. The monoisotopic (exact) mass is 392 g/mol. The van der Waals surface area contributed by atoms with Gasteiger partial charge < -0.3 is 15.1 Å². The summed E-state index contributed by atoms with van der Waals surface area (Å²) in [6.45, 7) is 7.55. The number of anilines is 4. The van der Waals surface area contributed by atoms with Gasteiger partial charge >= 0.3 is 0 Å². The molecule has 0 amide bonds. The summed E-state index contributed by atoms with van der Waals surface area (Å²) in [4.78, 5) is 9.05. The van der Waals surface area contributed by atoms with E-state index < -0.39 is 0 Å². The van der Waals surface area contributed by atoms with E-state index in [2.05, 4.69) is 56.3 Å². The fourth-order valence-electron chi connectivity index (χ4n) is 3.56. The van der Waals surface area contributed by atoms with Crippen LogP contribution in [0, 0.1) is 5.82 Å². The van der Waals surface area contributed by atoms with Gasteiger partial charge in [0.15, 0.2) is 5.82 Å². The van der Waals surface area contributed by atoms with E-state index in [0.29, 0.717) is 17.7 Å². The Morgan fingerprint density at radius 2 is 1.62 bits per heavy atom. The largest absolute Gasteiger partial charge is 0.368 e. The van der Waals surface area contributed by atoms with Crippen molar-refractivity contribution in [3.05, 3.63) is 66.1 Å². The van der Waals surface area contributed by atoms with Crippen LogP contribution in [0.2, 0.25) is 0 Å². The normalized spacial score (nSPS) is 14.3. The van der Waals surface area contributed by atoms with E-state index >= 15 is 0 Å². The molecule has 1 aliphatic heterocycles. The highest BCUT2D eigenvalue weighted by molar-refractivity contribution is 5.61. The van der Waals surface area contributed by atoms with Gasteiger partial charge in [0.2, 0.25) is 5.95 Å². The highest BCUT2D eigenvalue weighted by Crippen LogP contribution is 2.26. The average molecular weight is 392 g/mol. The van der Waals surface area contributed by atoms with Crippen molar-refractivity contribution in [1.29, 1.82) is 0 Å². The van der Waals surface area contributed by atoms with Crippen molar-refractivity contribution in [3.63, 3.8) is 0 Å². The summed E-state index contributed by atoms with van der Waals surface area (Å²) in [6, 6.07) is 14.9. The van der Waals surface area contributed by atoms with Crippen molar-refractivity contribution in [2.24, 2.45) is 0 Å². The van der Waals surface area contributed by atoms with Crippen LogP contribution in [0.1, 0.15) is 25.3 Å². The molecule has 1 aliphatic rings. The van der Waals surface area contributed by atoms with E-state index in [1.807, 2.05) is 24.3 Å². The molecule has 0 radical (unpaired) electrons. The van der Waals surface area contributed by atoms with Gasteiger partial charge in [-0.15, -0.1) is 5.10 Å².